The molecule has 0 spiro atoms. The third-order valence-corrected chi connectivity index (χ3v) is 5.07. The fraction of sp³-hybridized carbons (Fsp3) is 0.562. The topological polar surface area (TPSA) is 20.3 Å². The zero-order chi connectivity index (χ0) is 13.8. The Balaban J connectivity index is 2.03. The van der Waals surface area contributed by atoms with Crippen LogP contribution in [0.1, 0.15) is 48.5 Å². The second-order valence-corrected chi connectivity index (χ2v) is 6.25. The van der Waals surface area contributed by atoms with Crippen LogP contribution in [0.15, 0.2) is 22.7 Å². The molecule has 0 unspecified atom stereocenters. The van der Waals surface area contributed by atoms with Crippen molar-refractivity contribution in [1.29, 1.82) is 0 Å². The summed E-state index contributed by atoms with van der Waals surface area (Å²) in [4.78, 5) is 14.5. The molecule has 0 N–H and O–H groups in total. The van der Waals surface area contributed by atoms with Gasteiger partial charge in [-0.1, -0.05) is 31.9 Å². The van der Waals surface area contributed by atoms with Crippen LogP contribution in [0.2, 0.25) is 0 Å². The van der Waals surface area contributed by atoms with Gasteiger partial charge in [0.25, 0.3) is 5.91 Å². The first-order chi connectivity index (χ1) is 9.13. The lowest BCUT2D eigenvalue weighted by atomic mass is 9.92. The van der Waals surface area contributed by atoms with Crippen molar-refractivity contribution in [3.63, 3.8) is 0 Å². The molecule has 0 bridgehead atoms. The highest BCUT2D eigenvalue weighted by Crippen LogP contribution is 2.26. The molecule has 19 heavy (non-hydrogen) atoms. The number of aryl methyl sites for hydroxylation is 1. The van der Waals surface area contributed by atoms with E-state index in [2.05, 4.69) is 22.9 Å². The summed E-state index contributed by atoms with van der Waals surface area (Å²) in [7, 11) is 0. The molecular formula is C16H22BrNO. The molecule has 0 atom stereocenters. The van der Waals surface area contributed by atoms with Crippen molar-refractivity contribution < 1.29 is 4.79 Å². The predicted molar refractivity (Wildman–Crippen MR) is 82.4 cm³/mol. The molecule has 3 heteroatoms. The van der Waals surface area contributed by atoms with E-state index in [1.807, 2.05) is 30.0 Å². The number of hydrogen-bond donors (Lipinski definition) is 0. The Morgan fingerprint density at radius 2 is 2.05 bits per heavy atom. The fourth-order valence-electron chi connectivity index (χ4n) is 2.82. The van der Waals surface area contributed by atoms with Gasteiger partial charge in [0.1, 0.15) is 0 Å². The molecule has 1 saturated heterocycles. The summed E-state index contributed by atoms with van der Waals surface area (Å²) in [6, 6.07) is 5.89. The summed E-state index contributed by atoms with van der Waals surface area (Å²) in [5.74, 6) is 0.987. The molecule has 1 amide bonds. The van der Waals surface area contributed by atoms with Crippen LogP contribution in [0.3, 0.4) is 0 Å². The van der Waals surface area contributed by atoms with Crippen molar-refractivity contribution in [3.8, 4) is 0 Å². The Bertz CT molecular complexity index is 450. The maximum absolute atomic E-state index is 12.5. The number of benzene rings is 1. The number of halogens is 1. The van der Waals surface area contributed by atoms with E-state index in [4.69, 9.17) is 0 Å². The van der Waals surface area contributed by atoms with E-state index in [0.29, 0.717) is 0 Å². The Hall–Kier alpha value is -0.830. The summed E-state index contributed by atoms with van der Waals surface area (Å²) >= 11 is 3.54. The zero-order valence-electron chi connectivity index (χ0n) is 11.8. The van der Waals surface area contributed by atoms with Crippen molar-refractivity contribution in [2.45, 2.75) is 39.5 Å². The van der Waals surface area contributed by atoms with Gasteiger partial charge in [-0.3, -0.25) is 4.79 Å². The largest absolute Gasteiger partial charge is 0.339 e. The van der Waals surface area contributed by atoms with Gasteiger partial charge in [-0.25, -0.2) is 0 Å². The average Bonchev–Trinajstić information content (AvgIpc) is 2.42. The van der Waals surface area contributed by atoms with E-state index in [0.717, 1.165) is 47.4 Å². The quantitative estimate of drug-likeness (QED) is 0.806. The van der Waals surface area contributed by atoms with Crippen LogP contribution in [0.5, 0.6) is 0 Å². The van der Waals surface area contributed by atoms with Crippen molar-refractivity contribution in [1.82, 2.24) is 4.90 Å². The number of hydrogen-bond acceptors (Lipinski definition) is 1. The summed E-state index contributed by atoms with van der Waals surface area (Å²) in [6.45, 7) is 6.07. The molecule has 0 aromatic heterocycles. The van der Waals surface area contributed by atoms with Gasteiger partial charge in [0, 0.05) is 17.6 Å². The minimum absolute atomic E-state index is 0.172. The molecule has 1 aliphatic rings. The number of carbonyl (C=O) groups is 1. The second-order valence-electron chi connectivity index (χ2n) is 5.46. The highest BCUT2D eigenvalue weighted by molar-refractivity contribution is 9.10. The summed E-state index contributed by atoms with van der Waals surface area (Å²) < 4.78 is 0.940. The van der Waals surface area contributed by atoms with E-state index in [1.54, 1.807) is 0 Å². The van der Waals surface area contributed by atoms with Crippen LogP contribution in [-0.4, -0.2) is 23.9 Å². The van der Waals surface area contributed by atoms with Gasteiger partial charge >= 0.3 is 0 Å². The maximum atomic E-state index is 12.5. The molecule has 0 aliphatic carbocycles. The molecule has 1 aromatic carbocycles. The second kappa shape index (κ2) is 6.56. The third-order valence-electron chi connectivity index (χ3n) is 4.02. The van der Waals surface area contributed by atoms with Gasteiger partial charge in [-0.2, -0.15) is 0 Å². The molecule has 1 fully saturated rings. The first-order valence-electron chi connectivity index (χ1n) is 7.18. The Morgan fingerprint density at radius 1 is 1.37 bits per heavy atom. The van der Waals surface area contributed by atoms with Crippen molar-refractivity contribution in [3.05, 3.63) is 33.8 Å². The minimum atomic E-state index is 0.172. The van der Waals surface area contributed by atoms with Crippen LogP contribution in [0, 0.1) is 12.8 Å². The highest BCUT2D eigenvalue weighted by atomic mass is 79.9. The number of carbonyl (C=O) groups excluding carboxylic acids is 1. The van der Waals surface area contributed by atoms with Crippen molar-refractivity contribution in [2.75, 3.05) is 13.1 Å². The molecule has 104 valence electrons. The zero-order valence-corrected chi connectivity index (χ0v) is 13.4. The van der Waals surface area contributed by atoms with Crippen LogP contribution in [0.4, 0.5) is 0 Å². The molecule has 2 rings (SSSR count). The molecule has 1 aliphatic heterocycles. The third kappa shape index (κ3) is 3.38. The van der Waals surface area contributed by atoms with Crippen LogP contribution < -0.4 is 0 Å². The van der Waals surface area contributed by atoms with Gasteiger partial charge in [0.05, 0.1) is 5.56 Å². The van der Waals surface area contributed by atoms with E-state index in [9.17, 15) is 4.79 Å². The van der Waals surface area contributed by atoms with E-state index < -0.39 is 0 Å². The number of nitrogens with zero attached hydrogens (tertiary/aromatic N) is 1. The summed E-state index contributed by atoms with van der Waals surface area (Å²) in [5, 5.41) is 0. The van der Waals surface area contributed by atoms with Crippen molar-refractivity contribution >= 4 is 21.8 Å². The lowest BCUT2D eigenvalue weighted by Crippen LogP contribution is -2.38. The Kier molecular flexibility index (Phi) is 5.03. The Labute approximate surface area is 124 Å². The average molecular weight is 324 g/mol. The smallest absolute Gasteiger partial charge is 0.255 e. The van der Waals surface area contributed by atoms with Gasteiger partial charge in [0.15, 0.2) is 0 Å². The number of likely N-dealkylation sites (tertiary alicyclic amines) is 1. The van der Waals surface area contributed by atoms with E-state index in [1.165, 1.54) is 12.8 Å². The molecule has 1 aromatic rings. The van der Waals surface area contributed by atoms with Crippen LogP contribution in [0.25, 0.3) is 0 Å². The van der Waals surface area contributed by atoms with Gasteiger partial charge in [-0.15, -0.1) is 0 Å². The molecule has 0 radical (unpaired) electrons. The van der Waals surface area contributed by atoms with Gasteiger partial charge in [-0.05, 0) is 53.2 Å². The number of amides is 1. The molecule has 1 heterocycles. The highest BCUT2D eigenvalue weighted by Gasteiger charge is 2.24. The summed E-state index contributed by atoms with van der Waals surface area (Å²) in [6.07, 6.45) is 4.87. The monoisotopic (exact) mass is 323 g/mol. The first-order valence-corrected chi connectivity index (χ1v) is 7.97. The predicted octanol–water partition coefficient (Wildman–Crippen LogP) is 4.41. The lowest BCUT2D eigenvalue weighted by molar-refractivity contribution is 0.0685. The van der Waals surface area contributed by atoms with Crippen molar-refractivity contribution in [2.24, 2.45) is 5.92 Å². The molecule has 0 saturated carbocycles. The Morgan fingerprint density at radius 3 is 2.68 bits per heavy atom. The van der Waals surface area contributed by atoms with E-state index in [-0.39, 0.29) is 5.91 Å². The molecular weight excluding hydrogens is 302 g/mol. The van der Waals surface area contributed by atoms with Gasteiger partial charge < -0.3 is 4.90 Å². The van der Waals surface area contributed by atoms with Crippen LogP contribution in [-0.2, 0) is 0 Å². The fourth-order valence-corrected chi connectivity index (χ4v) is 3.25. The normalized spacial score (nSPS) is 16.7. The molecule has 2 nitrogen and oxygen atoms in total. The van der Waals surface area contributed by atoms with E-state index >= 15 is 0 Å². The SMILES string of the molecule is CCCC1CCN(C(=O)c2cccc(C)c2Br)CC1. The number of piperidine rings is 1. The summed E-state index contributed by atoms with van der Waals surface area (Å²) in [5.41, 5.74) is 1.92. The van der Waals surface area contributed by atoms with Gasteiger partial charge in [0.2, 0.25) is 0 Å². The first kappa shape index (κ1) is 14.6. The van der Waals surface area contributed by atoms with Crippen LogP contribution >= 0.6 is 15.9 Å². The maximum Gasteiger partial charge on any atom is 0.255 e. The number of rotatable bonds is 3. The standard InChI is InChI=1S/C16H22BrNO/c1-3-5-13-8-10-18(11-9-13)16(19)14-7-4-6-12(2)15(14)17/h4,6-7,13H,3,5,8-11H2,1-2H3. The lowest BCUT2D eigenvalue weighted by Gasteiger charge is -2.32. The minimum Gasteiger partial charge on any atom is -0.339 e.